The highest BCUT2D eigenvalue weighted by Gasteiger charge is 2.25. The zero-order valence-corrected chi connectivity index (χ0v) is 10.4. The lowest BCUT2D eigenvalue weighted by molar-refractivity contribution is 0.494. The van der Waals surface area contributed by atoms with Gasteiger partial charge in [0, 0.05) is 37.9 Å². The lowest BCUT2D eigenvalue weighted by Crippen LogP contribution is -2.22. The van der Waals surface area contributed by atoms with E-state index in [2.05, 4.69) is 20.1 Å². The van der Waals surface area contributed by atoms with E-state index in [1.54, 1.807) is 6.20 Å². The summed E-state index contributed by atoms with van der Waals surface area (Å²) in [6.07, 6.45) is 8.60. The standard InChI is InChI=1S/C13H14N6/c1-5-15-18(7-1)11-4-8-17(10-11)13-3-2-12-14-6-9-19(12)16-13/h1-3,5-7,9,11H,4,8,10H2. The number of aromatic nitrogens is 5. The predicted octanol–water partition coefficient (Wildman–Crippen LogP) is 1.38. The Bertz CT molecular complexity index is 686. The molecule has 1 aliphatic rings. The first-order valence-electron chi connectivity index (χ1n) is 6.45. The molecule has 0 amide bonds. The molecule has 6 nitrogen and oxygen atoms in total. The van der Waals surface area contributed by atoms with Crippen molar-refractivity contribution in [1.29, 1.82) is 0 Å². The van der Waals surface area contributed by atoms with Crippen LogP contribution in [0.15, 0.2) is 43.0 Å². The quantitative estimate of drug-likeness (QED) is 0.693. The second kappa shape index (κ2) is 4.08. The number of nitrogens with zero attached hydrogens (tertiary/aromatic N) is 6. The molecule has 1 saturated heterocycles. The molecule has 0 spiro atoms. The van der Waals surface area contributed by atoms with Gasteiger partial charge in [0.15, 0.2) is 5.65 Å². The van der Waals surface area contributed by atoms with E-state index in [1.807, 2.05) is 46.0 Å². The fourth-order valence-electron chi connectivity index (χ4n) is 2.64. The van der Waals surface area contributed by atoms with Crippen molar-refractivity contribution in [3.05, 3.63) is 43.0 Å². The molecule has 1 aliphatic heterocycles. The van der Waals surface area contributed by atoms with Gasteiger partial charge in [0.25, 0.3) is 0 Å². The summed E-state index contributed by atoms with van der Waals surface area (Å²) in [7, 11) is 0. The van der Waals surface area contributed by atoms with Crippen LogP contribution >= 0.6 is 0 Å². The fraction of sp³-hybridized carbons (Fsp3) is 0.308. The molecule has 4 heterocycles. The normalized spacial score (nSPS) is 19.4. The monoisotopic (exact) mass is 254 g/mol. The van der Waals surface area contributed by atoms with E-state index >= 15 is 0 Å². The van der Waals surface area contributed by atoms with Gasteiger partial charge in [0.1, 0.15) is 5.82 Å². The molecular weight excluding hydrogens is 240 g/mol. The molecule has 0 saturated carbocycles. The second-order valence-corrected chi connectivity index (χ2v) is 4.80. The molecular formula is C13H14N6. The Labute approximate surface area is 110 Å². The minimum atomic E-state index is 0.440. The maximum atomic E-state index is 4.58. The van der Waals surface area contributed by atoms with E-state index in [1.165, 1.54) is 0 Å². The van der Waals surface area contributed by atoms with Gasteiger partial charge >= 0.3 is 0 Å². The van der Waals surface area contributed by atoms with Gasteiger partial charge in [-0.25, -0.2) is 9.50 Å². The number of fused-ring (bicyclic) bond motifs is 1. The molecule has 4 rings (SSSR count). The zero-order valence-electron chi connectivity index (χ0n) is 10.4. The molecule has 0 bridgehead atoms. The fourth-order valence-corrected chi connectivity index (χ4v) is 2.64. The Kier molecular flexibility index (Phi) is 2.26. The number of imidazole rings is 1. The summed E-state index contributed by atoms with van der Waals surface area (Å²) in [5, 5.41) is 8.91. The van der Waals surface area contributed by atoms with Gasteiger partial charge in [-0.15, -0.1) is 5.10 Å². The van der Waals surface area contributed by atoms with Gasteiger partial charge in [0.2, 0.25) is 0 Å². The lowest BCUT2D eigenvalue weighted by atomic mass is 10.3. The van der Waals surface area contributed by atoms with E-state index in [-0.39, 0.29) is 0 Å². The first-order chi connectivity index (χ1) is 9.40. The molecule has 6 heteroatoms. The average Bonchev–Trinajstić information content (AvgIpc) is 3.18. The third kappa shape index (κ3) is 1.76. The molecule has 19 heavy (non-hydrogen) atoms. The zero-order chi connectivity index (χ0) is 12.7. The molecule has 0 radical (unpaired) electrons. The smallest absolute Gasteiger partial charge is 0.153 e. The molecule has 0 N–H and O–H groups in total. The summed E-state index contributed by atoms with van der Waals surface area (Å²) in [4.78, 5) is 6.51. The summed E-state index contributed by atoms with van der Waals surface area (Å²) in [6.45, 7) is 1.96. The molecule has 3 aromatic heterocycles. The maximum Gasteiger partial charge on any atom is 0.153 e. The lowest BCUT2D eigenvalue weighted by Gasteiger charge is -2.17. The van der Waals surface area contributed by atoms with Crippen molar-refractivity contribution in [2.75, 3.05) is 18.0 Å². The summed E-state index contributed by atoms with van der Waals surface area (Å²) >= 11 is 0. The molecule has 1 unspecified atom stereocenters. The number of hydrogen-bond donors (Lipinski definition) is 0. The molecule has 1 fully saturated rings. The van der Waals surface area contributed by atoms with Crippen LogP contribution in [0.3, 0.4) is 0 Å². The van der Waals surface area contributed by atoms with E-state index in [0.29, 0.717) is 6.04 Å². The predicted molar refractivity (Wildman–Crippen MR) is 71.1 cm³/mol. The highest BCUT2D eigenvalue weighted by atomic mass is 15.4. The van der Waals surface area contributed by atoms with Crippen molar-refractivity contribution >= 4 is 11.5 Å². The summed E-state index contributed by atoms with van der Waals surface area (Å²) < 4.78 is 3.85. The molecule has 96 valence electrons. The third-order valence-electron chi connectivity index (χ3n) is 3.63. The summed E-state index contributed by atoms with van der Waals surface area (Å²) in [5.74, 6) is 1.00. The Morgan fingerprint density at radius 3 is 3.05 bits per heavy atom. The number of hydrogen-bond acceptors (Lipinski definition) is 4. The van der Waals surface area contributed by atoms with Crippen LogP contribution in [0.1, 0.15) is 12.5 Å². The summed E-state index contributed by atoms with van der Waals surface area (Å²) in [5.41, 5.74) is 0.881. The number of rotatable bonds is 2. The third-order valence-corrected chi connectivity index (χ3v) is 3.63. The highest BCUT2D eigenvalue weighted by Crippen LogP contribution is 2.24. The van der Waals surface area contributed by atoms with Crippen LogP contribution in [-0.2, 0) is 0 Å². The molecule has 3 aromatic rings. The van der Waals surface area contributed by atoms with Gasteiger partial charge in [-0.05, 0) is 24.6 Å². The Balaban J connectivity index is 1.60. The van der Waals surface area contributed by atoms with Gasteiger partial charge in [-0.3, -0.25) is 4.68 Å². The number of anilines is 1. The highest BCUT2D eigenvalue weighted by molar-refractivity contribution is 5.46. The van der Waals surface area contributed by atoms with Crippen molar-refractivity contribution in [2.24, 2.45) is 0 Å². The van der Waals surface area contributed by atoms with Crippen molar-refractivity contribution in [1.82, 2.24) is 24.4 Å². The summed E-state index contributed by atoms with van der Waals surface area (Å²) in [6, 6.07) is 6.45. The Morgan fingerprint density at radius 1 is 1.16 bits per heavy atom. The SMILES string of the molecule is c1cnn(C2CCN(c3ccc4nccn4n3)C2)c1. The Morgan fingerprint density at radius 2 is 2.16 bits per heavy atom. The minimum absolute atomic E-state index is 0.440. The van der Waals surface area contributed by atoms with Crippen LogP contribution in [0.25, 0.3) is 5.65 Å². The van der Waals surface area contributed by atoms with Crippen molar-refractivity contribution in [3.8, 4) is 0 Å². The average molecular weight is 254 g/mol. The van der Waals surface area contributed by atoms with Crippen molar-refractivity contribution in [2.45, 2.75) is 12.5 Å². The van der Waals surface area contributed by atoms with E-state index in [4.69, 9.17) is 0 Å². The first kappa shape index (κ1) is 10.5. The van der Waals surface area contributed by atoms with Gasteiger partial charge in [0.05, 0.1) is 6.04 Å². The maximum absolute atomic E-state index is 4.58. The first-order valence-corrected chi connectivity index (χ1v) is 6.45. The topological polar surface area (TPSA) is 51.2 Å². The largest absolute Gasteiger partial charge is 0.353 e. The van der Waals surface area contributed by atoms with Crippen molar-refractivity contribution in [3.63, 3.8) is 0 Å². The van der Waals surface area contributed by atoms with Crippen LogP contribution in [0.2, 0.25) is 0 Å². The van der Waals surface area contributed by atoms with E-state index in [9.17, 15) is 0 Å². The van der Waals surface area contributed by atoms with E-state index in [0.717, 1.165) is 31.0 Å². The molecule has 0 aliphatic carbocycles. The van der Waals surface area contributed by atoms with Crippen LogP contribution in [0.4, 0.5) is 5.82 Å². The van der Waals surface area contributed by atoms with Gasteiger partial charge in [-0.2, -0.15) is 5.10 Å². The van der Waals surface area contributed by atoms with Crippen LogP contribution in [-0.4, -0.2) is 37.5 Å². The van der Waals surface area contributed by atoms with Crippen LogP contribution in [0.5, 0.6) is 0 Å². The minimum Gasteiger partial charge on any atom is -0.353 e. The van der Waals surface area contributed by atoms with Gasteiger partial charge in [-0.1, -0.05) is 0 Å². The van der Waals surface area contributed by atoms with E-state index < -0.39 is 0 Å². The van der Waals surface area contributed by atoms with Crippen LogP contribution < -0.4 is 4.90 Å². The molecule has 1 atom stereocenters. The van der Waals surface area contributed by atoms with Crippen molar-refractivity contribution < 1.29 is 0 Å². The Hall–Kier alpha value is -2.37. The molecule has 0 aromatic carbocycles. The second-order valence-electron chi connectivity index (χ2n) is 4.80. The van der Waals surface area contributed by atoms with Gasteiger partial charge < -0.3 is 4.90 Å². The van der Waals surface area contributed by atoms with Crippen LogP contribution in [0, 0.1) is 0 Å².